The van der Waals surface area contributed by atoms with E-state index in [0.717, 1.165) is 15.9 Å². The molecule has 2 aromatic carbocycles. The summed E-state index contributed by atoms with van der Waals surface area (Å²) in [5, 5.41) is 17.9. The van der Waals surface area contributed by atoms with Gasteiger partial charge in [-0.2, -0.15) is 4.31 Å². The molecule has 0 spiro atoms. The summed E-state index contributed by atoms with van der Waals surface area (Å²) in [6.07, 6.45) is 2.26. The van der Waals surface area contributed by atoms with Gasteiger partial charge in [-0.05, 0) is 29.3 Å². The molecular formula is C18H18ClNO5S. The van der Waals surface area contributed by atoms with Crippen molar-refractivity contribution in [2.45, 2.75) is 11.4 Å². The van der Waals surface area contributed by atoms with Gasteiger partial charge in [-0.15, -0.1) is 0 Å². The summed E-state index contributed by atoms with van der Waals surface area (Å²) in [4.78, 5) is 10.5. The first-order valence-electron chi connectivity index (χ1n) is 7.70. The van der Waals surface area contributed by atoms with Crippen LogP contribution in [0.15, 0.2) is 59.5 Å². The molecule has 0 radical (unpaired) electrons. The Labute approximate surface area is 157 Å². The van der Waals surface area contributed by atoms with Gasteiger partial charge in [0.15, 0.2) is 0 Å². The molecule has 0 amide bonds. The van der Waals surface area contributed by atoms with Crippen LogP contribution in [-0.4, -0.2) is 42.1 Å². The van der Waals surface area contributed by atoms with E-state index in [2.05, 4.69) is 0 Å². The normalized spacial score (nSPS) is 12.0. The number of nitrogens with zero attached hydrogens (tertiary/aromatic N) is 1. The highest BCUT2D eigenvalue weighted by molar-refractivity contribution is 7.89. The topological polar surface area (TPSA) is 94.9 Å². The Bertz CT molecular complexity index is 897. The van der Waals surface area contributed by atoms with E-state index in [-0.39, 0.29) is 29.6 Å². The Hall–Kier alpha value is -2.19. The molecule has 0 bridgehead atoms. The predicted octanol–water partition coefficient (Wildman–Crippen LogP) is 2.62. The van der Waals surface area contributed by atoms with E-state index in [1.807, 2.05) is 6.07 Å². The number of rotatable bonds is 8. The molecule has 0 aromatic heterocycles. The van der Waals surface area contributed by atoms with Gasteiger partial charge in [-0.25, -0.2) is 13.2 Å². The van der Waals surface area contributed by atoms with Crippen molar-refractivity contribution in [1.29, 1.82) is 0 Å². The zero-order valence-corrected chi connectivity index (χ0v) is 15.3. The van der Waals surface area contributed by atoms with E-state index in [1.54, 1.807) is 24.3 Å². The summed E-state index contributed by atoms with van der Waals surface area (Å²) in [7, 11) is -3.94. The monoisotopic (exact) mass is 395 g/mol. The largest absolute Gasteiger partial charge is 0.478 e. The molecule has 0 atom stereocenters. The van der Waals surface area contributed by atoms with Crippen LogP contribution < -0.4 is 0 Å². The van der Waals surface area contributed by atoms with Crippen LogP contribution in [-0.2, 0) is 21.4 Å². The summed E-state index contributed by atoms with van der Waals surface area (Å²) in [5.74, 6) is -1.12. The number of hydrogen-bond donors (Lipinski definition) is 2. The number of hydrogen-bond acceptors (Lipinski definition) is 4. The standard InChI is InChI=1S/C18H18ClNO5S/c19-16-12-14(7-9-18(22)23)6-8-17(16)26(24,25)20(10-11-21)13-15-4-2-1-3-5-15/h1-9,12,21H,10-11,13H2,(H,22,23)/b9-7+. The summed E-state index contributed by atoms with van der Waals surface area (Å²) in [6.45, 7) is -0.307. The van der Waals surface area contributed by atoms with Gasteiger partial charge in [0.2, 0.25) is 10.0 Å². The van der Waals surface area contributed by atoms with Gasteiger partial charge in [-0.3, -0.25) is 0 Å². The average molecular weight is 396 g/mol. The first kappa shape index (κ1) is 20.1. The Morgan fingerprint density at radius 1 is 1.15 bits per heavy atom. The lowest BCUT2D eigenvalue weighted by Crippen LogP contribution is -2.33. The minimum atomic E-state index is -3.94. The minimum Gasteiger partial charge on any atom is -0.478 e. The number of carboxylic acids is 1. The fraction of sp³-hybridized carbons (Fsp3) is 0.167. The maximum Gasteiger partial charge on any atom is 0.328 e. The van der Waals surface area contributed by atoms with Crippen molar-refractivity contribution in [2.75, 3.05) is 13.2 Å². The summed E-state index contributed by atoms with van der Waals surface area (Å²) in [5.41, 5.74) is 1.25. The van der Waals surface area contributed by atoms with Crippen LogP contribution in [0.4, 0.5) is 0 Å². The number of carbonyl (C=O) groups is 1. The van der Waals surface area contributed by atoms with Crippen LogP contribution in [0.3, 0.4) is 0 Å². The maximum absolute atomic E-state index is 12.9. The van der Waals surface area contributed by atoms with E-state index in [0.29, 0.717) is 5.56 Å². The molecule has 0 saturated carbocycles. The molecule has 2 N–H and O–H groups in total. The van der Waals surface area contributed by atoms with E-state index >= 15 is 0 Å². The summed E-state index contributed by atoms with van der Waals surface area (Å²) < 4.78 is 27.0. The zero-order valence-electron chi connectivity index (χ0n) is 13.7. The lowest BCUT2D eigenvalue weighted by molar-refractivity contribution is -0.131. The summed E-state index contributed by atoms with van der Waals surface area (Å²) >= 11 is 6.13. The maximum atomic E-state index is 12.9. The number of benzene rings is 2. The second kappa shape index (κ2) is 8.95. The number of sulfonamides is 1. The van der Waals surface area contributed by atoms with Crippen molar-refractivity contribution in [2.24, 2.45) is 0 Å². The van der Waals surface area contributed by atoms with Crippen LogP contribution >= 0.6 is 11.6 Å². The second-order valence-electron chi connectivity index (χ2n) is 5.41. The molecule has 0 aliphatic rings. The second-order valence-corrected chi connectivity index (χ2v) is 7.72. The van der Waals surface area contributed by atoms with Crippen molar-refractivity contribution in [3.05, 3.63) is 70.8 Å². The molecule has 138 valence electrons. The highest BCUT2D eigenvalue weighted by Gasteiger charge is 2.26. The number of halogens is 1. The van der Waals surface area contributed by atoms with Crippen molar-refractivity contribution >= 4 is 33.7 Å². The Balaban J connectivity index is 2.35. The van der Waals surface area contributed by atoms with Gasteiger partial charge in [0.25, 0.3) is 0 Å². The Morgan fingerprint density at radius 3 is 2.42 bits per heavy atom. The predicted molar refractivity (Wildman–Crippen MR) is 99.2 cm³/mol. The van der Waals surface area contributed by atoms with Gasteiger partial charge < -0.3 is 10.2 Å². The summed E-state index contributed by atoms with van der Waals surface area (Å²) in [6, 6.07) is 13.2. The van der Waals surface area contributed by atoms with Crippen LogP contribution in [0, 0.1) is 0 Å². The van der Waals surface area contributed by atoms with Crippen molar-refractivity contribution < 1.29 is 23.4 Å². The fourth-order valence-electron chi connectivity index (χ4n) is 2.32. The third-order valence-corrected chi connectivity index (χ3v) is 5.87. The van der Waals surface area contributed by atoms with E-state index in [1.165, 1.54) is 24.3 Å². The number of carboxylic acid groups (broad SMARTS) is 1. The van der Waals surface area contributed by atoms with Crippen LogP contribution in [0.2, 0.25) is 5.02 Å². The molecular weight excluding hydrogens is 378 g/mol. The fourth-order valence-corrected chi connectivity index (χ4v) is 4.27. The molecule has 2 rings (SSSR count). The van der Waals surface area contributed by atoms with E-state index in [4.69, 9.17) is 16.7 Å². The minimum absolute atomic E-state index is 0.0199. The highest BCUT2D eigenvalue weighted by Crippen LogP contribution is 2.27. The van der Waals surface area contributed by atoms with Gasteiger partial charge >= 0.3 is 5.97 Å². The van der Waals surface area contributed by atoms with E-state index in [9.17, 15) is 18.3 Å². The van der Waals surface area contributed by atoms with Crippen molar-refractivity contribution in [3.8, 4) is 0 Å². The number of aliphatic hydroxyl groups is 1. The van der Waals surface area contributed by atoms with E-state index < -0.39 is 16.0 Å². The number of aliphatic carboxylic acids is 1. The molecule has 2 aromatic rings. The molecule has 0 fully saturated rings. The molecule has 0 saturated heterocycles. The third-order valence-electron chi connectivity index (χ3n) is 3.54. The SMILES string of the molecule is O=C(O)/C=C/c1ccc(S(=O)(=O)N(CCO)Cc2ccccc2)c(Cl)c1. The lowest BCUT2D eigenvalue weighted by atomic mass is 10.2. The lowest BCUT2D eigenvalue weighted by Gasteiger charge is -2.22. The molecule has 0 aliphatic carbocycles. The third kappa shape index (κ3) is 5.15. The molecule has 0 aliphatic heterocycles. The van der Waals surface area contributed by atoms with Crippen LogP contribution in [0.5, 0.6) is 0 Å². The zero-order chi connectivity index (χ0) is 19.2. The smallest absolute Gasteiger partial charge is 0.328 e. The quantitative estimate of drug-likeness (QED) is 0.670. The molecule has 0 unspecified atom stereocenters. The molecule has 0 heterocycles. The molecule has 8 heteroatoms. The Morgan fingerprint density at radius 2 is 1.85 bits per heavy atom. The highest BCUT2D eigenvalue weighted by atomic mass is 35.5. The van der Waals surface area contributed by atoms with Gasteiger partial charge in [0.1, 0.15) is 4.90 Å². The van der Waals surface area contributed by atoms with Crippen LogP contribution in [0.25, 0.3) is 6.08 Å². The first-order valence-corrected chi connectivity index (χ1v) is 9.52. The van der Waals surface area contributed by atoms with Crippen LogP contribution in [0.1, 0.15) is 11.1 Å². The first-order chi connectivity index (χ1) is 12.3. The Kier molecular flexibility index (Phi) is 6.93. The van der Waals surface area contributed by atoms with Gasteiger partial charge in [0, 0.05) is 19.2 Å². The molecule has 6 nitrogen and oxygen atoms in total. The van der Waals surface area contributed by atoms with Gasteiger partial charge in [0.05, 0.1) is 11.6 Å². The number of aliphatic hydroxyl groups excluding tert-OH is 1. The van der Waals surface area contributed by atoms with Gasteiger partial charge in [-0.1, -0.05) is 48.0 Å². The van der Waals surface area contributed by atoms with Crippen molar-refractivity contribution in [1.82, 2.24) is 4.31 Å². The molecule has 26 heavy (non-hydrogen) atoms. The average Bonchev–Trinajstić information content (AvgIpc) is 2.60. The van der Waals surface area contributed by atoms with Crippen molar-refractivity contribution in [3.63, 3.8) is 0 Å².